The van der Waals surface area contributed by atoms with E-state index in [9.17, 15) is 9.18 Å². The summed E-state index contributed by atoms with van der Waals surface area (Å²) in [5, 5.41) is 4.95. The third-order valence-electron chi connectivity index (χ3n) is 4.87. The second kappa shape index (κ2) is 7.69. The van der Waals surface area contributed by atoms with Gasteiger partial charge in [0, 0.05) is 12.1 Å². The molecule has 1 amide bonds. The first-order valence-corrected chi connectivity index (χ1v) is 9.17. The summed E-state index contributed by atoms with van der Waals surface area (Å²) in [4.78, 5) is 18.8. The number of ether oxygens (including phenoxy) is 1. The van der Waals surface area contributed by atoms with Gasteiger partial charge in [0.1, 0.15) is 18.8 Å². The summed E-state index contributed by atoms with van der Waals surface area (Å²) >= 11 is 6.04. The number of carbonyl (C=O) groups is 1. The molecular weight excluding hydrogens is 383 g/mol. The predicted molar refractivity (Wildman–Crippen MR) is 103 cm³/mol. The molecule has 144 valence electrons. The van der Waals surface area contributed by atoms with Crippen molar-refractivity contribution < 1.29 is 13.9 Å². The van der Waals surface area contributed by atoms with Gasteiger partial charge in [-0.25, -0.2) is 9.07 Å². The van der Waals surface area contributed by atoms with Crippen molar-refractivity contribution in [3.63, 3.8) is 0 Å². The van der Waals surface area contributed by atoms with Crippen LogP contribution in [0.25, 0.3) is 0 Å². The van der Waals surface area contributed by atoms with Crippen LogP contribution < -0.4 is 4.90 Å². The van der Waals surface area contributed by atoms with E-state index >= 15 is 0 Å². The lowest BCUT2D eigenvalue weighted by molar-refractivity contribution is -0.123. The van der Waals surface area contributed by atoms with Crippen LogP contribution in [0.15, 0.2) is 54.9 Å². The number of fused-ring (bicyclic) bond motifs is 1. The van der Waals surface area contributed by atoms with E-state index < -0.39 is 0 Å². The number of methoxy groups -OCH3 is 1. The number of hydrogen-bond acceptors (Lipinski definition) is 4. The zero-order valence-corrected chi connectivity index (χ0v) is 15.9. The predicted octanol–water partition coefficient (Wildman–Crippen LogP) is 3.78. The lowest BCUT2D eigenvalue weighted by Gasteiger charge is -2.39. The molecule has 2 heterocycles. The largest absolute Gasteiger partial charge is 0.375 e. The second-order valence-electron chi connectivity index (χ2n) is 6.57. The standard InChI is InChI=1S/C20H18ClFN4O2/c1-28-11-19(27)25-17(13-2-6-15(21)7-3-13)10-18(26-20(25)23-12-24-26)14-4-8-16(22)9-5-14/h2-9,12,17-18H,10-11H2,1H3/t17-,18+/m1/s1. The van der Waals surface area contributed by atoms with Crippen molar-refractivity contribution >= 4 is 23.5 Å². The monoisotopic (exact) mass is 400 g/mol. The van der Waals surface area contributed by atoms with Crippen LogP contribution in [-0.2, 0) is 9.53 Å². The van der Waals surface area contributed by atoms with Crippen molar-refractivity contribution in [1.82, 2.24) is 14.8 Å². The molecule has 0 saturated carbocycles. The summed E-state index contributed by atoms with van der Waals surface area (Å²) in [5.74, 6) is -0.0821. The van der Waals surface area contributed by atoms with Gasteiger partial charge in [0.05, 0.1) is 12.1 Å². The number of rotatable bonds is 4. The molecule has 0 bridgehead atoms. The van der Waals surface area contributed by atoms with Gasteiger partial charge in [0.15, 0.2) is 0 Å². The molecule has 0 unspecified atom stereocenters. The molecule has 6 nitrogen and oxygen atoms in total. The van der Waals surface area contributed by atoms with Crippen LogP contribution in [0, 0.1) is 5.82 Å². The molecule has 2 aromatic carbocycles. The Balaban J connectivity index is 1.81. The van der Waals surface area contributed by atoms with E-state index in [1.165, 1.54) is 25.6 Å². The van der Waals surface area contributed by atoms with E-state index in [4.69, 9.17) is 16.3 Å². The molecule has 1 aliphatic heterocycles. The molecule has 8 heteroatoms. The van der Waals surface area contributed by atoms with Crippen LogP contribution in [0.2, 0.25) is 5.02 Å². The number of benzene rings is 2. The first kappa shape index (κ1) is 18.6. The number of amides is 1. The highest BCUT2D eigenvalue weighted by molar-refractivity contribution is 6.30. The highest BCUT2D eigenvalue weighted by Gasteiger charge is 2.39. The SMILES string of the molecule is COCC(=O)N1c2ncnn2[C@H](c2ccc(F)cc2)C[C@@H]1c1ccc(Cl)cc1. The average Bonchev–Trinajstić information content (AvgIpc) is 3.18. The molecule has 3 aromatic rings. The summed E-state index contributed by atoms with van der Waals surface area (Å²) in [6, 6.07) is 13.2. The number of hydrogen-bond donors (Lipinski definition) is 0. The van der Waals surface area contributed by atoms with Crippen molar-refractivity contribution in [3.05, 3.63) is 76.8 Å². The van der Waals surface area contributed by atoms with Crippen molar-refractivity contribution in [1.29, 1.82) is 0 Å². The van der Waals surface area contributed by atoms with Crippen LogP contribution >= 0.6 is 11.6 Å². The van der Waals surface area contributed by atoms with Crippen molar-refractivity contribution in [2.45, 2.75) is 18.5 Å². The Morgan fingerprint density at radius 1 is 1.14 bits per heavy atom. The summed E-state index contributed by atoms with van der Waals surface area (Å²) < 4.78 is 20.2. The molecule has 0 radical (unpaired) electrons. The molecule has 0 saturated heterocycles. The molecule has 1 aromatic heterocycles. The Bertz CT molecular complexity index is 975. The van der Waals surface area contributed by atoms with E-state index in [1.54, 1.807) is 33.8 Å². The maximum atomic E-state index is 13.4. The molecule has 1 aliphatic rings. The van der Waals surface area contributed by atoms with Crippen LogP contribution in [0.4, 0.5) is 10.3 Å². The highest BCUT2D eigenvalue weighted by Crippen LogP contribution is 2.41. The normalized spacial score (nSPS) is 18.8. The molecule has 2 atom stereocenters. The zero-order valence-electron chi connectivity index (χ0n) is 15.1. The van der Waals surface area contributed by atoms with Gasteiger partial charge in [-0.05, 0) is 41.8 Å². The Morgan fingerprint density at radius 2 is 1.79 bits per heavy atom. The minimum Gasteiger partial charge on any atom is -0.375 e. The fourth-order valence-electron chi connectivity index (χ4n) is 3.60. The van der Waals surface area contributed by atoms with Gasteiger partial charge in [-0.2, -0.15) is 10.1 Å². The van der Waals surface area contributed by atoms with E-state index in [1.807, 2.05) is 12.1 Å². The minimum atomic E-state index is -0.301. The van der Waals surface area contributed by atoms with Crippen molar-refractivity contribution in [3.8, 4) is 0 Å². The molecular formula is C20H18ClFN4O2. The maximum Gasteiger partial charge on any atom is 0.255 e. The molecule has 0 fully saturated rings. The smallest absolute Gasteiger partial charge is 0.255 e. The van der Waals surface area contributed by atoms with Gasteiger partial charge < -0.3 is 4.74 Å². The van der Waals surface area contributed by atoms with Crippen molar-refractivity contribution in [2.75, 3.05) is 18.6 Å². The minimum absolute atomic E-state index is 0.0713. The number of nitrogens with zero attached hydrogens (tertiary/aromatic N) is 4. The van der Waals surface area contributed by atoms with E-state index in [-0.39, 0.29) is 30.4 Å². The molecule has 0 spiro atoms. The van der Waals surface area contributed by atoms with Gasteiger partial charge >= 0.3 is 0 Å². The Morgan fingerprint density at radius 3 is 2.46 bits per heavy atom. The highest BCUT2D eigenvalue weighted by atomic mass is 35.5. The van der Waals surface area contributed by atoms with Gasteiger partial charge in [0.2, 0.25) is 5.95 Å². The Hall–Kier alpha value is -2.77. The first-order valence-electron chi connectivity index (χ1n) is 8.80. The summed E-state index contributed by atoms with van der Waals surface area (Å²) in [5.41, 5.74) is 1.82. The van der Waals surface area contributed by atoms with Crippen LogP contribution in [0.3, 0.4) is 0 Å². The average molecular weight is 401 g/mol. The Labute approximate surface area is 166 Å². The lowest BCUT2D eigenvalue weighted by Crippen LogP contribution is -2.44. The summed E-state index contributed by atoms with van der Waals surface area (Å²) in [6.45, 7) is -0.0713. The lowest BCUT2D eigenvalue weighted by atomic mass is 9.92. The number of aromatic nitrogens is 3. The number of carbonyl (C=O) groups excluding carboxylic acids is 1. The van der Waals surface area contributed by atoms with Crippen LogP contribution in [0.1, 0.15) is 29.6 Å². The second-order valence-corrected chi connectivity index (χ2v) is 7.01. The Kier molecular flexibility index (Phi) is 5.11. The quantitative estimate of drug-likeness (QED) is 0.668. The summed E-state index contributed by atoms with van der Waals surface area (Å²) in [6.07, 6.45) is 1.97. The van der Waals surface area contributed by atoms with E-state index in [0.29, 0.717) is 17.4 Å². The summed E-state index contributed by atoms with van der Waals surface area (Å²) in [7, 11) is 1.48. The molecule has 4 rings (SSSR count). The van der Waals surface area contributed by atoms with Crippen molar-refractivity contribution in [2.24, 2.45) is 0 Å². The fourth-order valence-corrected chi connectivity index (χ4v) is 3.73. The number of halogens is 2. The van der Waals surface area contributed by atoms with Gasteiger partial charge in [-0.1, -0.05) is 35.9 Å². The van der Waals surface area contributed by atoms with Gasteiger partial charge in [-0.15, -0.1) is 0 Å². The molecule has 0 N–H and O–H groups in total. The van der Waals surface area contributed by atoms with Crippen LogP contribution in [0.5, 0.6) is 0 Å². The molecule has 28 heavy (non-hydrogen) atoms. The fraction of sp³-hybridized carbons (Fsp3) is 0.250. The van der Waals surface area contributed by atoms with Gasteiger partial charge in [0.25, 0.3) is 5.91 Å². The van der Waals surface area contributed by atoms with Crippen LogP contribution in [-0.4, -0.2) is 34.4 Å². The van der Waals surface area contributed by atoms with Gasteiger partial charge in [-0.3, -0.25) is 9.69 Å². The first-order chi connectivity index (χ1) is 13.6. The zero-order chi connectivity index (χ0) is 19.7. The topological polar surface area (TPSA) is 60.2 Å². The van der Waals surface area contributed by atoms with E-state index in [2.05, 4.69) is 10.1 Å². The number of anilines is 1. The van der Waals surface area contributed by atoms with E-state index in [0.717, 1.165) is 11.1 Å². The third-order valence-corrected chi connectivity index (χ3v) is 5.12. The molecule has 0 aliphatic carbocycles. The maximum absolute atomic E-state index is 13.4. The third kappa shape index (κ3) is 3.39.